The fourth-order valence-corrected chi connectivity index (χ4v) is 2.64. The van der Waals surface area contributed by atoms with Crippen molar-refractivity contribution in [2.75, 3.05) is 19.1 Å². The predicted octanol–water partition coefficient (Wildman–Crippen LogP) is 2.40. The molecule has 3 heterocycles. The average molecular weight is 415 g/mol. The van der Waals surface area contributed by atoms with E-state index in [0.29, 0.717) is 28.0 Å². The van der Waals surface area contributed by atoms with Gasteiger partial charge in [-0.1, -0.05) is 35.1 Å². The van der Waals surface area contributed by atoms with Crippen molar-refractivity contribution in [1.82, 2.24) is 30.1 Å². The molecule has 0 bridgehead atoms. The van der Waals surface area contributed by atoms with Crippen LogP contribution in [0.3, 0.4) is 0 Å². The van der Waals surface area contributed by atoms with Crippen molar-refractivity contribution in [3.8, 4) is 0 Å². The van der Waals surface area contributed by atoms with Gasteiger partial charge >= 0.3 is 5.97 Å². The summed E-state index contributed by atoms with van der Waals surface area (Å²) in [5.41, 5.74) is 0.573. The van der Waals surface area contributed by atoms with Gasteiger partial charge in [-0.25, -0.2) is 24.7 Å². The average Bonchev–Trinajstić information content (AvgIpc) is 3.02. The number of nitrogens with zero attached hydrogens (tertiary/aromatic N) is 4. The van der Waals surface area contributed by atoms with Crippen LogP contribution in [0.4, 0.5) is 0 Å². The number of hydrogen-bond donors (Lipinski definition) is 2. The van der Waals surface area contributed by atoms with Crippen molar-refractivity contribution in [1.29, 1.82) is 0 Å². The Morgan fingerprint density at radius 3 is 2.42 bits per heavy atom. The monoisotopic (exact) mass is 414 g/mol. The minimum absolute atomic E-state index is 0.128. The number of H-pyrrole nitrogens is 2. The molecule has 12 heteroatoms. The number of ether oxygens (including phenoxy) is 1. The second-order valence-corrected chi connectivity index (χ2v) is 6.38. The van der Waals surface area contributed by atoms with Gasteiger partial charge in [-0.2, -0.15) is 0 Å². The molecular formula is C14H15ClN6O3S2. The molecular weight excluding hydrogens is 400 g/mol. The largest absolute Gasteiger partial charge is 0.462 e. The number of nitrogens with one attached hydrogen (secondary N) is 2. The maximum absolute atomic E-state index is 11.3. The Kier molecular flexibility index (Phi) is 7.42. The van der Waals surface area contributed by atoms with Gasteiger partial charge in [0.25, 0.3) is 5.56 Å². The van der Waals surface area contributed by atoms with Crippen LogP contribution in [0.2, 0.25) is 5.15 Å². The summed E-state index contributed by atoms with van der Waals surface area (Å²) in [6.45, 7) is 2.03. The smallest absolute Gasteiger partial charge is 0.342 e. The third kappa shape index (κ3) is 4.96. The number of carbonyl (C=O) groups excluding carboxylic acids is 1. The number of carbonyl (C=O) groups is 1. The van der Waals surface area contributed by atoms with Gasteiger partial charge in [0, 0.05) is 12.4 Å². The molecule has 0 radical (unpaired) electrons. The quantitative estimate of drug-likeness (QED) is 0.286. The molecule has 0 aromatic carbocycles. The second-order valence-electron chi connectivity index (χ2n) is 4.48. The zero-order valence-electron chi connectivity index (χ0n) is 14.1. The van der Waals surface area contributed by atoms with E-state index in [1.54, 1.807) is 6.92 Å². The lowest BCUT2D eigenvalue weighted by Gasteiger charge is -2.03. The van der Waals surface area contributed by atoms with Crippen molar-refractivity contribution in [2.24, 2.45) is 0 Å². The summed E-state index contributed by atoms with van der Waals surface area (Å²) in [6.07, 6.45) is 6.60. The number of esters is 1. The summed E-state index contributed by atoms with van der Waals surface area (Å²) >= 11 is 8.57. The van der Waals surface area contributed by atoms with Crippen LogP contribution < -0.4 is 5.56 Å². The highest BCUT2D eigenvalue weighted by atomic mass is 35.5. The third-order valence-electron chi connectivity index (χ3n) is 2.89. The fourth-order valence-electron chi connectivity index (χ4n) is 1.70. The summed E-state index contributed by atoms with van der Waals surface area (Å²) in [6, 6.07) is 0. The Morgan fingerprint density at radius 1 is 1.15 bits per heavy atom. The van der Waals surface area contributed by atoms with Crippen LogP contribution in [0.15, 0.2) is 27.5 Å². The highest BCUT2D eigenvalue weighted by Crippen LogP contribution is 2.17. The lowest BCUT2D eigenvalue weighted by Crippen LogP contribution is -2.07. The van der Waals surface area contributed by atoms with E-state index in [0.717, 1.165) is 0 Å². The molecule has 0 atom stereocenters. The fraction of sp³-hybridized carbons (Fsp3) is 0.286. The zero-order chi connectivity index (χ0) is 19.1. The van der Waals surface area contributed by atoms with Gasteiger partial charge in [0.2, 0.25) is 0 Å². The van der Waals surface area contributed by atoms with E-state index >= 15 is 0 Å². The number of aromatic nitrogens is 6. The standard InChI is InChI=1S/C8H9ClN2O2S.C6H6N4OS/c1-3-13-7(12)5-4-10-8(14-2)11-6(5)9;1-12-6-7-2-3-4(8-6)9-10-5(3)11/h4H,3H2,1-2H3;2H,1H3,(H2,7,8,9,10,11). The lowest BCUT2D eigenvalue weighted by atomic mass is 10.3. The van der Waals surface area contributed by atoms with E-state index in [1.165, 1.54) is 35.9 Å². The Hall–Kier alpha value is -2.11. The van der Waals surface area contributed by atoms with Crippen LogP contribution in [0, 0.1) is 0 Å². The van der Waals surface area contributed by atoms with Gasteiger partial charge < -0.3 is 4.74 Å². The third-order valence-corrected chi connectivity index (χ3v) is 4.30. The molecule has 0 fully saturated rings. The van der Waals surface area contributed by atoms with Crippen LogP contribution in [0.25, 0.3) is 11.0 Å². The van der Waals surface area contributed by atoms with E-state index in [1.807, 2.05) is 12.5 Å². The number of hydrogen-bond acceptors (Lipinski definition) is 9. The molecule has 0 spiro atoms. The normalized spacial score (nSPS) is 10.3. The first-order chi connectivity index (χ1) is 12.5. The summed E-state index contributed by atoms with van der Waals surface area (Å²) in [5, 5.41) is 6.90. The highest BCUT2D eigenvalue weighted by molar-refractivity contribution is 7.98. The first-order valence-corrected chi connectivity index (χ1v) is 10.0. The minimum atomic E-state index is -0.495. The Morgan fingerprint density at radius 2 is 1.81 bits per heavy atom. The van der Waals surface area contributed by atoms with Gasteiger partial charge in [0.1, 0.15) is 16.1 Å². The number of aromatic amines is 2. The van der Waals surface area contributed by atoms with Crippen LogP contribution in [-0.4, -0.2) is 55.2 Å². The van der Waals surface area contributed by atoms with Crippen LogP contribution >= 0.6 is 35.1 Å². The Balaban J connectivity index is 0.000000189. The summed E-state index contributed by atoms with van der Waals surface area (Å²) in [5.74, 6) is -0.495. The summed E-state index contributed by atoms with van der Waals surface area (Å²) in [7, 11) is 0. The van der Waals surface area contributed by atoms with Gasteiger partial charge in [-0.15, -0.1) is 0 Å². The second kappa shape index (κ2) is 9.55. The highest BCUT2D eigenvalue weighted by Gasteiger charge is 2.13. The van der Waals surface area contributed by atoms with E-state index in [-0.39, 0.29) is 16.3 Å². The molecule has 3 aromatic rings. The van der Waals surface area contributed by atoms with Gasteiger partial charge in [0.05, 0.1) is 6.61 Å². The van der Waals surface area contributed by atoms with Crippen molar-refractivity contribution < 1.29 is 9.53 Å². The molecule has 0 aliphatic carbocycles. The van der Waals surface area contributed by atoms with Crippen LogP contribution in [0.5, 0.6) is 0 Å². The molecule has 0 saturated heterocycles. The molecule has 9 nitrogen and oxygen atoms in total. The molecule has 26 heavy (non-hydrogen) atoms. The van der Waals surface area contributed by atoms with Gasteiger partial charge in [0.15, 0.2) is 16.0 Å². The van der Waals surface area contributed by atoms with E-state index in [4.69, 9.17) is 16.3 Å². The van der Waals surface area contributed by atoms with Crippen LogP contribution in [0.1, 0.15) is 17.3 Å². The molecule has 138 valence electrons. The molecule has 3 rings (SSSR count). The first-order valence-electron chi connectivity index (χ1n) is 7.21. The summed E-state index contributed by atoms with van der Waals surface area (Å²) < 4.78 is 4.77. The van der Waals surface area contributed by atoms with Gasteiger partial charge in [-0.3, -0.25) is 15.0 Å². The number of halogens is 1. The van der Waals surface area contributed by atoms with Gasteiger partial charge in [-0.05, 0) is 19.4 Å². The number of thioether (sulfide) groups is 2. The van der Waals surface area contributed by atoms with Crippen molar-refractivity contribution in [3.63, 3.8) is 0 Å². The maximum atomic E-state index is 11.3. The topological polar surface area (TPSA) is 127 Å². The minimum Gasteiger partial charge on any atom is -0.462 e. The number of fused-ring (bicyclic) bond motifs is 1. The Bertz CT molecular complexity index is 961. The maximum Gasteiger partial charge on any atom is 0.342 e. The number of rotatable bonds is 4. The lowest BCUT2D eigenvalue weighted by molar-refractivity contribution is 0.0525. The molecule has 0 amide bonds. The SMILES string of the molecule is CCOC(=O)c1cnc(SC)nc1Cl.CSc1ncc2c(=O)[nH][nH]c2n1. The molecule has 0 saturated carbocycles. The molecule has 0 aliphatic rings. The summed E-state index contributed by atoms with van der Waals surface area (Å²) in [4.78, 5) is 38.2. The van der Waals surface area contributed by atoms with Crippen molar-refractivity contribution in [2.45, 2.75) is 17.2 Å². The van der Waals surface area contributed by atoms with Crippen molar-refractivity contribution >= 4 is 52.1 Å². The van der Waals surface area contributed by atoms with E-state index in [9.17, 15) is 9.59 Å². The first kappa shape index (κ1) is 20.2. The van der Waals surface area contributed by atoms with Crippen LogP contribution in [-0.2, 0) is 4.74 Å². The van der Waals surface area contributed by atoms with Crippen molar-refractivity contribution in [3.05, 3.63) is 33.5 Å². The zero-order valence-corrected chi connectivity index (χ0v) is 16.5. The molecule has 0 unspecified atom stereocenters. The predicted molar refractivity (Wildman–Crippen MR) is 101 cm³/mol. The van der Waals surface area contributed by atoms with E-state index < -0.39 is 5.97 Å². The molecule has 3 aromatic heterocycles. The Labute approximate surface area is 161 Å². The van der Waals surface area contributed by atoms with E-state index in [2.05, 4.69) is 30.1 Å². The molecule has 2 N–H and O–H groups in total. The molecule has 0 aliphatic heterocycles.